The number of amides is 1. The van der Waals surface area contributed by atoms with Gasteiger partial charge in [-0.3, -0.25) is 19.7 Å². The van der Waals surface area contributed by atoms with Gasteiger partial charge in [0.15, 0.2) is 12.9 Å². The van der Waals surface area contributed by atoms with Gasteiger partial charge in [0.05, 0.1) is 10.5 Å². The van der Waals surface area contributed by atoms with E-state index in [1.54, 1.807) is 4.90 Å². The number of non-ortho nitro benzene ring substituents is 1. The molecule has 0 radical (unpaired) electrons. The number of hydrogen-bond donors (Lipinski definition) is 0. The van der Waals surface area contributed by atoms with Crippen molar-refractivity contribution in [3.63, 3.8) is 0 Å². The summed E-state index contributed by atoms with van der Waals surface area (Å²) in [4.78, 5) is 36.3. The summed E-state index contributed by atoms with van der Waals surface area (Å²) < 4.78 is 5.57. The number of aldehydes is 1. The number of nitro groups is 1. The Labute approximate surface area is 163 Å². The molecule has 0 saturated heterocycles. The van der Waals surface area contributed by atoms with Gasteiger partial charge < -0.3 is 9.64 Å². The summed E-state index contributed by atoms with van der Waals surface area (Å²) in [5.74, 6) is -0.0427. The van der Waals surface area contributed by atoms with Gasteiger partial charge in [-0.2, -0.15) is 0 Å². The molecule has 2 aromatic carbocycles. The van der Waals surface area contributed by atoms with E-state index in [4.69, 9.17) is 4.74 Å². The van der Waals surface area contributed by atoms with Crippen molar-refractivity contribution in [3.05, 3.63) is 64.2 Å². The number of carbonyl (C=O) groups excluding carboxylic acids is 2. The van der Waals surface area contributed by atoms with Gasteiger partial charge in [0.1, 0.15) is 5.75 Å². The Bertz CT molecular complexity index is 847. The Morgan fingerprint density at radius 3 is 2.50 bits per heavy atom. The van der Waals surface area contributed by atoms with Crippen LogP contribution in [0.3, 0.4) is 0 Å². The highest BCUT2D eigenvalue weighted by atomic mass is 16.6. The second-order valence-corrected chi connectivity index (χ2v) is 6.78. The highest BCUT2D eigenvalue weighted by Gasteiger charge is 2.27. The molecule has 0 heterocycles. The van der Waals surface area contributed by atoms with E-state index in [1.165, 1.54) is 18.6 Å². The number of nitrogens with zero attached hydrogens (tertiary/aromatic N) is 2. The third kappa shape index (κ3) is 4.54. The number of carbonyl (C=O) groups is 2. The molecule has 0 unspecified atom stereocenters. The van der Waals surface area contributed by atoms with Crippen molar-refractivity contribution in [1.29, 1.82) is 0 Å². The molecule has 0 bridgehead atoms. The van der Waals surface area contributed by atoms with Gasteiger partial charge in [-0.25, -0.2) is 0 Å². The molecule has 0 atom stereocenters. The van der Waals surface area contributed by atoms with Gasteiger partial charge in [0, 0.05) is 23.9 Å². The molecule has 0 aromatic heterocycles. The zero-order valence-corrected chi connectivity index (χ0v) is 15.5. The van der Waals surface area contributed by atoms with Crippen molar-refractivity contribution in [2.45, 2.75) is 38.1 Å². The molecule has 2 aromatic rings. The molecule has 0 aliphatic heterocycles. The first-order valence-electron chi connectivity index (χ1n) is 9.33. The van der Waals surface area contributed by atoms with Crippen molar-refractivity contribution in [2.24, 2.45) is 0 Å². The summed E-state index contributed by atoms with van der Waals surface area (Å²) in [5.41, 5.74) is 0.669. The fourth-order valence-corrected chi connectivity index (χ4v) is 3.57. The first kappa shape index (κ1) is 19.5. The number of anilines is 1. The van der Waals surface area contributed by atoms with Gasteiger partial charge in [-0.05, 0) is 31.0 Å². The molecule has 146 valence electrons. The molecule has 0 N–H and O–H groups in total. The summed E-state index contributed by atoms with van der Waals surface area (Å²) in [6, 6.07) is 13.3. The maximum absolute atomic E-state index is 13.0. The number of hydrogen-bond acceptors (Lipinski definition) is 5. The summed E-state index contributed by atoms with van der Waals surface area (Å²) in [6.07, 6.45) is 5.72. The second-order valence-electron chi connectivity index (χ2n) is 6.78. The highest BCUT2D eigenvalue weighted by molar-refractivity contribution is 5.95. The van der Waals surface area contributed by atoms with Crippen molar-refractivity contribution < 1.29 is 19.2 Å². The largest absolute Gasteiger partial charge is 0.483 e. The van der Waals surface area contributed by atoms with Gasteiger partial charge in [-0.1, -0.05) is 37.5 Å². The topological polar surface area (TPSA) is 89.7 Å². The van der Waals surface area contributed by atoms with E-state index in [0.29, 0.717) is 6.29 Å². The molecule has 7 nitrogen and oxygen atoms in total. The van der Waals surface area contributed by atoms with Crippen LogP contribution >= 0.6 is 0 Å². The maximum Gasteiger partial charge on any atom is 0.270 e. The zero-order chi connectivity index (χ0) is 19.9. The quantitative estimate of drug-likeness (QED) is 0.408. The maximum atomic E-state index is 13.0. The van der Waals surface area contributed by atoms with Crippen LogP contribution in [0.2, 0.25) is 0 Å². The minimum Gasteiger partial charge on any atom is -0.483 e. The Morgan fingerprint density at radius 1 is 1.14 bits per heavy atom. The lowest BCUT2D eigenvalue weighted by atomic mass is 9.93. The second kappa shape index (κ2) is 9.12. The van der Waals surface area contributed by atoms with Crippen LogP contribution in [-0.4, -0.2) is 29.8 Å². The van der Waals surface area contributed by atoms with Crippen LogP contribution in [0.15, 0.2) is 48.5 Å². The zero-order valence-electron chi connectivity index (χ0n) is 15.5. The van der Waals surface area contributed by atoms with E-state index in [0.717, 1.165) is 37.4 Å². The molecule has 1 aliphatic carbocycles. The van der Waals surface area contributed by atoms with Gasteiger partial charge >= 0.3 is 0 Å². The third-order valence-corrected chi connectivity index (χ3v) is 4.93. The lowest BCUT2D eigenvalue weighted by molar-refractivity contribution is -0.384. The van der Waals surface area contributed by atoms with Crippen LogP contribution < -0.4 is 9.64 Å². The van der Waals surface area contributed by atoms with E-state index in [1.807, 2.05) is 30.3 Å². The molecule has 1 saturated carbocycles. The standard InChI is InChI=1S/C21H22N2O5/c24-14-16-13-19(23(26)27)11-12-20(16)28-15-21(25)22(17-7-3-1-4-8-17)18-9-5-2-6-10-18/h1,3-4,7-8,11-14,18H,2,5-6,9-10,15H2. The van der Waals surface area contributed by atoms with Gasteiger partial charge in [0.2, 0.25) is 0 Å². The SMILES string of the molecule is O=Cc1cc([N+](=O)[O-])ccc1OCC(=O)N(c1ccccc1)C1CCCCC1. The Hall–Kier alpha value is -3.22. The van der Waals surface area contributed by atoms with E-state index in [2.05, 4.69) is 0 Å². The van der Waals surface area contributed by atoms with Gasteiger partial charge in [-0.15, -0.1) is 0 Å². The average Bonchev–Trinajstić information content (AvgIpc) is 2.73. The van der Waals surface area contributed by atoms with Crippen molar-refractivity contribution in [2.75, 3.05) is 11.5 Å². The number of nitro benzene ring substituents is 1. The van der Waals surface area contributed by atoms with Crippen molar-refractivity contribution in [3.8, 4) is 5.75 Å². The summed E-state index contributed by atoms with van der Waals surface area (Å²) in [7, 11) is 0. The lowest BCUT2D eigenvalue weighted by Gasteiger charge is -2.34. The fraction of sp³-hybridized carbons (Fsp3) is 0.333. The first-order chi connectivity index (χ1) is 13.6. The van der Waals surface area contributed by atoms with Crippen LogP contribution in [0, 0.1) is 10.1 Å². The van der Waals surface area contributed by atoms with E-state index < -0.39 is 4.92 Å². The summed E-state index contributed by atoms with van der Waals surface area (Å²) >= 11 is 0. The fourth-order valence-electron chi connectivity index (χ4n) is 3.57. The summed E-state index contributed by atoms with van der Waals surface area (Å²) in [5, 5.41) is 10.9. The van der Waals surface area contributed by atoms with E-state index >= 15 is 0 Å². The van der Waals surface area contributed by atoms with Crippen LogP contribution in [0.1, 0.15) is 42.5 Å². The Morgan fingerprint density at radius 2 is 1.86 bits per heavy atom. The van der Waals surface area contributed by atoms with E-state index in [9.17, 15) is 19.7 Å². The summed E-state index contributed by atoms with van der Waals surface area (Å²) in [6.45, 7) is -0.246. The van der Waals surface area contributed by atoms with Crippen LogP contribution in [0.25, 0.3) is 0 Å². The normalized spacial score (nSPS) is 14.3. The number of benzene rings is 2. The van der Waals surface area contributed by atoms with Crippen LogP contribution in [0.4, 0.5) is 11.4 Å². The predicted molar refractivity (Wildman–Crippen MR) is 105 cm³/mol. The molecule has 7 heteroatoms. The van der Waals surface area contributed by atoms with Crippen LogP contribution in [0.5, 0.6) is 5.75 Å². The third-order valence-electron chi connectivity index (χ3n) is 4.93. The number of rotatable bonds is 7. The molecule has 1 fully saturated rings. The Balaban J connectivity index is 1.77. The highest BCUT2D eigenvalue weighted by Crippen LogP contribution is 2.28. The minimum atomic E-state index is -0.581. The number of para-hydroxylation sites is 1. The smallest absolute Gasteiger partial charge is 0.270 e. The Kier molecular flexibility index (Phi) is 6.37. The van der Waals surface area contributed by atoms with E-state index in [-0.39, 0.29) is 35.6 Å². The first-order valence-corrected chi connectivity index (χ1v) is 9.33. The van der Waals surface area contributed by atoms with Crippen molar-refractivity contribution in [1.82, 2.24) is 0 Å². The van der Waals surface area contributed by atoms with Crippen molar-refractivity contribution >= 4 is 23.6 Å². The molecule has 0 spiro atoms. The molecular formula is C21H22N2O5. The number of ether oxygens (including phenoxy) is 1. The van der Waals surface area contributed by atoms with Gasteiger partial charge in [0.25, 0.3) is 11.6 Å². The molecular weight excluding hydrogens is 360 g/mol. The molecule has 1 amide bonds. The minimum absolute atomic E-state index is 0.0472. The molecule has 1 aliphatic rings. The lowest BCUT2D eigenvalue weighted by Crippen LogP contribution is -2.44. The molecule has 28 heavy (non-hydrogen) atoms. The average molecular weight is 382 g/mol. The monoisotopic (exact) mass is 382 g/mol. The molecule has 3 rings (SSSR count). The predicted octanol–water partition coefficient (Wildman–Crippen LogP) is 4.15. The van der Waals surface area contributed by atoms with Crippen LogP contribution in [-0.2, 0) is 4.79 Å².